The molecule has 1 aliphatic carbocycles. The third kappa shape index (κ3) is 5.46. The maximum Gasteiger partial charge on any atom is 0.338 e. The summed E-state index contributed by atoms with van der Waals surface area (Å²) >= 11 is 1.41. The number of nitrogens with zero attached hydrogens (tertiary/aromatic N) is 1. The van der Waals surface area contributed by atoms with E-state index in [1.165, 1.54) is 11.3 Å². The van der Waals surface area contributed by atoms with Crippen LogP contribution < -0.4 is 10.6 Å². The second-order valence-corrected chi connectivity index (χ2v) is 8.88. The van der Waals surface area contributed by atoms with Crippen molar-refractivity contribution in [2.75, 3.05) is 17.2 Å². The summed E-state index contributed by atoms with van der Waals surface area (Å²) in [6.45, 7) is 2.44. The molecule has 4 rings (SSSR count). The summed E-state index contributed by atoms with van der Waals surface area (Å²) in [6, 6.07) is 15.6. The molecule has 1 unspecified atom stereocenters. The molecule has 170 valence electrons. The Kier molecular flexibility index (Phi) is 7.14. The number of carbonyl (C=O) groups excluding carboxylic acids is 3. The number of ether oxygens (including phenoxy) is 1. The van der Waals surface area contributed by atoms with Gasteiger partial charge in [0.15, 0.2) is 5.13 Å². The van der Waals surface area contributed by atoms with Crippen LogP contribution in [0.1, 0.15) is 63.4 Å². The molecule has 8 heteroatoms. The van der Waals surface area contributed by atoms with Crippen molar-refractivity contribution in [3.63, 3.8) is 0 Å². The number of thiazole rings is 1. The van der Waals surface area contributed by atoms with Gasteiger partial charge in [-0.2, -0.15) is 0 Å². The molecule has 1 aliphatic rings. The molecule has 2 aromatic carbocycles. The van der Waals surface area contributed by atoms with Crippen LogP contribution in [0.2, 0.25) is 0 Å². The van der Waals surface area contributed by atoms with E-state index in [-0.39, 0.29) is 23.7 Å². The van der Waals surface area contributed by atoms with Crippen LogP contribution in [0.25, 0.3) is 0 Å². The maximum atomic E-state index is 12.9. The molecular weight excluding hydrogens is 438 g/mol. The normalized spacial score (nSPS) is 14.4. The zero-order valence-corrected chi connectivity index (χ0v) is 19.1. The molecule has 0 saturated carbocycles. The fraction of sp³-hybridized carbons (Fsp3) is 0.280. The van der Waals surface area contributed by atoms with E-state index in [1.54, 1.807) is 48.5 Å². The van der Waals surface area contributed by atoms with Crippen LogP contribution in [-0.2, 0) is 16.0 Å². The Morgan fingerprint density at radius 3 is 2.52 bits per heavy atom. The molecule has 33 heavy (non-hydrogen) atoms. The van der Waals surface area contributed by atoms with Gasteiger partial charge in [0, 0.05) is 16.1 Å². The standard InChI is InChI=1S/C25H25N3O4S/c1-2-3-15-32-24(31)17-9-11-18(12-10-17)26-23(30)19-13-14-20-21(19)27-25(33-20)28-22(29)16-7-5-4-6-8-16/h4-12,19H,2-3,13-15H2,1H3,(H,26,30)(H,27,28,29). The van der Waals surface area contributed by atoms with Gasteiger partial charge in [-0.1, -0.05) is 31.5 Å². The lowest BCUT2D eigenvalue weighted by atomic mass is 10.1. The highest BCUT2D eigenvalue weighted by Crippen LogP contribution is 2.39. The van der Waals surface area contributed by atoms with Gasteiger partial charge in [-0.05, 0) is 55.7 Å². The van der Waals surface area contributed by atoms with Crippen molar-refractivity contribution in [1.82, 2.24) is 4.98 Å². The Balaban J connectivity index is 1.37. The first kappa shape index (κ1) is 22.7. The van der Waals surface area contributed by atoms with Gasteiger partial charge in [0.25, 0.3) is 5.91 Å². The molecule has 3 aromatic rings. The summed E-state index contributed by atoms with van der Waals surface area (Å²) < 4.78 is 5.20. The molecule has 0 fully saturated rings. The van der Waals surface area contributed by atoms with Crippen LogP contribution in [0.4, 0.5) is 10.8 Å². The number of unbranched alkanes of at least 4 members (excludes halogenated alkanes) is 1. The number of rotatable bonds is 8. The topological polar surface area (TPSA) is 97.4 Å². The second-order valence-electron chi connectivity index (χ2n) is 7.79. The van der Waals surface area contributed by atoms with Crippen molar-refractivity contribution in [3.8, 4) is 0 Å². The van der Waals surface area contributed by atoms with E-state index in [2.05, 4.69) is 15.6 Å². The molecule has 0 radical (unpaired) electrons. The van der Waals surface area contributed by atoms with Gasteiger partial charge in [-0.25, -0.2) is 9.78 Å². The van der Waals surface area contributed by atoms with Crippen LogP contribution in [0.15, 0.2) is 54.6 Å². The third-order valence-corrected chi connectivity index (χ3v) is 6.46. The summed E-state index contributed by atoms with van der Waals surface area (Å²) in [6.07, 6.45) is 3.21. The van der Waals surface area contributed by atoms with Gasteiger partial charge < -0.3 is 10.1 Å². The van der Waals surface area contributed by atoms with Crippen LogP contribution >= 0.6 is 11.3 Å². The van der Waals surface area contributed by atoms with Crippen LogP contribution in [0, 0.1) is 0 Å². The Labute approximate surface area is 196 Å². The largest absolute Gasteiger partial charge is 0.462 e. The van der Waals surface area contributed by atoms with Gasteiger partial charge in [-0.3, -0.25) is 14.9 Å². The number of fused-ring (bicyclic) bond motifs is 1. The molecule has 2 amide bonds. The van der Waals surface area contributed by atoms with Crippen LogP contribution in [-0.4, -0.2) is 29.4 Å². The molecule has 2 N–H and O–H groups in total. The minimum atomic E-state index is -0.377. The first-order valence-corrected chi connectivity index (χ1v) is 11.8. The predicted molar refractivity (Wildman–Crippen MR) is 128 cm³/mol. The van der Waals surface area contributed by atoms with Crippen molar-refractivity contribution >= 4 is 39.9 Å². The van der Waals surface area contributed by atoms with E-state index in [1.807, 2.05) is 13.0 Å². The number of carbonyl (C=O) groups is 3. The molecular formula is C25H25N3O4S. The molecule has 1 heterocycles. The van der Waals surface area contributed by atoms with Crippen molar-refractivity contribution in [3.05, 3.63) is 76.3 Å². The average molecular weight is 464 g/mol. The number of aryl methyl sites for hydroxylation is 1. The average Bonchev–Trinajstić information content (AvgIpc) is 3.40. The lowest BCUT2D eigenvalue weighted by Crippen LogP contribution is -2.20. The number of anilines is 2. The Hall–Kier alpha value is -3.52. The Bertz CT molecular complexity index is 1140. The molecule has 7 nitrogen and oxygen atoms in total. The number of amides is 2. The van der Waals surface area contributed by atoms with Crippen molar-refractivity contribution in [2.45, 2.75) is 38.5 Å². The maximum absolute atomic E-state index is 12.9. The number of aromatic nitrogens is 1. The summed E-state index contributed by atoms with van der Waals surface area (Å²) in [5.41, 5.74) is 2.33. The molecule has 0 spiro atoms. The SMILES string of the molecule is CCCCOC(=O)c1ccc(NC(=O)C2CCc3sc(NC(=O)c4ccccc4)nc32)cc1. The van der Waals surface area contributed by atoms with Crippen LogP contribution in [0.5, 0.6) is 0 Å². The summed E-state index contributed by atoms with van der Waals surface area (Å²) in [5, 5.41) is 6.23. The first-order chi connectivity index (χ1) is 16.0. The molecule has 1 atom stereocenters. The smallest absolute Gasteiger partial charge is 0.338 e. The Morgan fingerprint density at radius 1 is 1.03 bits per heavy atom. The fourth-order valence-corrected chi connectivity index (χ4v) is 4.64. The van der Waals surface area contributed by atoms with Crippen molar-refractivity contribution < 1.29 is 19.1 Å². The Morgan fingerprint density at radius 2 is 1.79 bits per heavy atom. The monoisotopic (exact) mass is 463 g/mol. The van der Waals surface area contributed by atoms with E-state index in [0.29, 0.717) is 35.0 Å². The highest BCUT2D eigenvalue weighted by atomic mass is 32.1. The number of esters is 1. The number of benzene rings is 2. The summed E-state index contributed by atoms with van der Waals surface area (Å²) in [4.78, 5) is 42.9. The molecule has 0 saturated heterocycles. The zero-order chi connectivity index (χ0) is 23.2. The lowest BCUT2D eigenvalue weighted by molar-refractivity contribution is -0.117. The number of hydrogen-bond acceptors (Lipinski definition) is 6. The van der Waals surface area contributed by atoms with Gasteiger partial charge in [0.2, 0.25) is 5.91 Å². The molecule has 0 bridgehead atoms. The minimum absolute atomic E-state index is 0.154. The zero-order valence-electron chi connectivity index (χ0n) is 18.3. The van der Waals surface area contributed by atoms with E-state index in [4.69, 9.17) is 4.74 Å². The van der Waals surface area contributed by atoms with Gasteiger partial charge >= 0.3 is 5.97 Å². The van der Waals surface area contributed by atoms with Crippen molar-refractivity contribution in [1.29, 1.82) is 0 Å². The first-order valence-electron chi connectivity index (χ1n) is 11.0. The van der Waals surface area contributed by atoms with Crippen LogP contribution in [0.3, 0.4) is 0 Å². The molecule has 0 aliphatic heterocycles. The van der Waals surface area contributed by atoms with Crippen molar-refractivity contribution in [2.24, 2.45) is 0 Å². The highest BCUT2D eigenvalue weighted by Gasteiger charge is 2.33. The van der Waals surface area contributed by atoms with E-state index >= 15 is 0 Å². The van der Waals surface area contributed by atoms with Gasteiger partial charge in [0.05, 0.1) is 23.8 Å². The van der Waals surface area contributed by atoms with Gasteiger partial charge in [-0.15, -0.1) is 11.3 Å². The fourth-order valence-electron chi connectivity index (χ4n) is 3.61. The van der Waals surface area contributed by atoms with E-state index in [0.717, 1.165) is 29.8 Å². The lowest BCUT2D eigenvalue weighted by Gasteiger charge is -2.11. The minimum Gasteiger partial charge on any atom is -0.462 e. The molecule has 1 aromatic heterocycles. The third-order valence-electron chi connectivity index (χ3n) is 5.41. The highest BCUT2D eigenvalue weighted by molar-refractivity contribution is 7.16. The van der Waals surface area contributed by atoms with E-state index < -0.39 is 0 Å². The summed E-state index contributed by atoms with van der Waals surface area (Å²) in [7, 11) is 0. The van der Waals surface area contributed by atoms with Gasteiger partial charge in [0.1, 0.15) is 0 Å². The number of nitrogens with one attached hydrogen (secondary N) is 2. The summed E-state index contributed by atoms with van der Waals surface area (Å²) in [5.74, 6) is -1.12. The quantitative estimate of drug-likeness (QED) is 0.361. The predicted octanol–water partition coefficient (Wildman–Crippen LogP) is 5.02. The second kappa shape index (κ2) is 10.4. The van der Waals surface area contributed by atoms with E-state index in [9.17, 15) is 14.4 Å². The number of hydrogen-bond donors (Lipinski definition) is 2.